The second-order valence-corrected chi connectivity index (χ2v) is 2.99. The van der Waals surface area contributed by atoms with Crippen molar-refractivity contribution in [2.45, 2.75) is 26.4 Å². The summed E-state index contributed by atoms with van der Waals surface area (Å²) in [6, 6.07) is 5.21. The molecule has 1 aromatic heterocycles. The number of halogens is 1. The molecule has 0 atom stereocenters. The summed E-state index contributed by atoms with van der Waals surface area (Å²) >= 11 is 0. The maximum absolute atomic E-state index is 12.6. The number of aromatic nitrogens is 1. The van der Waals surface area contributed by atoms with E-state index in [0.717, 1.165) is 5.69 Å². The third-order valence-corrected chi connectivity index (χ3v) is 1.46. The van der Waals surface area contributed by atoms with Crippen LogP contribution in [0.1, 0.15) is 19.5 Å². The molecule has 0 saturated carbocycles. The van der Waals surface area contributed by atoms with Gasteiger partial charge in [-0.15, -0.1) is 0 Å². The molecule has 0 spiro atoms. The first-order valence-corrected chi connectivity index (χ1v) is 4.03. The van der Waals surface area contributed by atoms with E-state index < -0.39 is 5.95 Å². The van der Waals surface area contributed by atoms with Gasteiger partial charge in [0.05, 0.1) is 5.69 Å². The fraction of sp³-hybridized carbons (Fsp3) is 0.444. The summed E-state index contributed by atoms with van der Waals surface area (Å²) in [5, 5.41) is 3.16. The Labute approximate surface area is 71.8 Å². The van der Waals surface area contributed by atoms with Gasteiger partial charge in [0, 0.05) is 12.6 Å². The lowest BCUT2D eigenvalue weighted by Crippen LogP contribution is -2.22. The second-order valence-electron chi connectivity index (χ2n) is 2.99. The number of rotatable bonds is 3. The fourth-order valence-electron chi connectivity index (χ4n) is 0.857. The Balaban J connectivity index is 2.52. The molecule has 66 valence electrons. The molecule has 12 heavy (non-hydrogen) atoms. The van der Waals surface area contributed by atoms with Crippen molar-refractivity contribution < 1.29 is 4.39 Å². The average molecular weight is 168 g/mol. The third kappa shape index (κ3) is 2.96. The van der Waals surface area contributed by atoms with Gasteiger partial charge in [0.15, 0.2) is 0 Å². The third-order valence-electron chi connectivity index (χ3n) is 1.46. The molecule has 0 fully saturated rings. The highest BCUT2D eigenvalue weighted by Crippen LogP contribution is 1.97. The van der Waals surface area contributed by atoms with E-state index in [4.69, 9.17) is 0 Å². The number of hydrogen-bond acceptors (Lipinski definition) is 2. The standard InChI is InChI=1S/C9H13FN2/c1-7(2)11-6-8-4-3-5-9(10)12-8/h3-5,7,11H,6H2,1-2H3. The van der Waals surface area contributed by atoms with E-state index in [1.54, 1.807) is 12.1 Å². The first-order valence-electron chi connectivity index (χ1n) is 4.03. The first kappa shape index (κ1) is 9.13. The Morgan fingerprint density at radius 2 is 2.25 bits per heavy atom. The van der Waals surface area contributed by atoms with E-state index in [1.165, 1.54) is 6.07 Å². The van der Waals surface area contributed by atoms with Crippen LogP contribution in [0.2, 0.25) is 0 Å². The summed E-state index contributed by atoms with van der Waals surface area (Å²) in [5.74, 6) is -0.418. The van der Waals surface area contributed by atoms with Crippen LogP contribution in [-0.2, 0) is 6.54 Å². The van der Waals surface area contributed by atoms with Crippen LogP contribution >= 0.6 is 0 Å². The summed E-state index contributed by atoms with van der Waals surface area (Å²) in [4.78, 5) is 3.72. The van der Waals surface area contributed by atoms with Gasteiger partial charge in [-0.1, -0.05) is 19.9 Å². The predicted molar refractivity (Wildman–Crippen MR) is 46.2 cm³/mol. The largest absolute Gasteiger partial charge is 0.309 e. The Morgan fingerprint density at radius 3 is 2.83 bits per heavy atom. The van der Waals surface area contributed by atoms with Crippen molar-refractivity contribution in [2.75, 3.05) is 0 Å². The molecule has 0 aliphatic heterocycles. The normalized spacial score (nSPS) is 10.7. The minimum absolute atomic E-state index is 0.398. The molecule has 1 aromatic rings. The summed E-state index contributed by atoms with van der Waals surface area (Å²) in [7, 11) is 0. The van der Waals surface area contributed by atoms with Crippen LogP contribution in [0.3, 0.4) is 0 Å². The molecule has 1 N–H and O–H groups in total. The molecule has 0 aliphatic carbocycles. The fourth-order valence-corrected chi connectivity index (χ4v) is 0.857. The number of nitrogens with one attached hydrogen (secondary N) is 1. The van der Waals surface area contributed by atoms with Gasteiger partial charge in [0.1, 0.15) is 0 Å². The van der Waals surface area contributed by atoms with Crippen molar-refractivity contribution >= 4 is 0 Å². The van der Waals surface area contributed by atoms with Gasteiger partial charge in [-0.3, -0.25) is 0 Å². The van der Waals surface area contributed by atoms with Gasteiger partial charge in [-0.05, 0) is 12.1 Å². The van der Waals surface area contributed by atoms with Crippen LogP contribution in [0.4, 0.5) is 4.39 Å². The molecular formula is C9H13FN2. The predicted octanol–water partition coefficient (Wildman–Crippen LogP) is 1.72. The average Bonchev–Trinajstić information content (AvgIpc) is 2.01. The number of pyridine rings is 1. The van der Waals surface area contributed by atoms with Crippen LogP contribution in [0, 0.1) is 5.95 Å². The zero-order valence-electron chi connectivity index (χ0n) is 7.34. The summed E-state index contributed by atoms with van der Waals surface area (Å²) < 4.78 is 12.6. The Hall–Kier alpha value is -0.960. The van der Waals surface area contributed by atoms with Crippen LogP contribution in [-0.4, -0.2) is 11.0 Å². The Bertz CT molecular complexity index is 248. The van der Waals surface area contributed by atoms with Gasteiger partial charge < -0.3 is 5.32 Å². The zero-order chi connectivity index (χ0) is 8.97. The van der Waals surface area contributed by atoms with Gasteiger partial charge in [-0.2, -0.15) is 4.39 Å². The van der Waals surface area contributed by atoms with E-state index in [0.29, 0.717) is 12.6 Å². The maximum Gasteiger partial charge on any atom is 0.213 e. The van der Waals surface area contributed by atoms with Crippen LogP contribution < -0.4 is 5.32 Å². The smallest absolute Gasteiger partial charge is 0.213 e. The summed E-state index contributed by atoms with van der Waals surface area (Å²) in [5.41, 5.74) is 0.740. The summed E-state index contributed by atoms with van der Waals surface area (Å²) in [6.45, 7) is 4.70. The first-order chi connectivity index (χ1) is 5.68. The van der Waals surface area contributed by atoms with E-state index in [9.17, 15) is 4.39 Å². The Morgan fingerprint density at radius 1 is 1.50 bits per heavy atom. The number of nitrogens with zero attached hydrogens (tertiary/aromatic N) is 1. The quantitative estimate of drug-likeness (QED) is 0.695. The molecule has 0 aromatic carbocycles. The molecular weight excluding hydrogens is 155 g/mol. The molecule has 0 aliphatic rings. The van der Waals surface area contributed by atoms with Crippen LogP contribution in [0.25, 0.3) is 0 Å². The molecule has 3 heteroatoms. The van der Waals surface area contributed by atoms with E-state index in [1.807, 2.05) is 13.8 Å². The lowest BCUT2D eigenvalue weighted by atomic mass is 10.3. The highest BCUT2D eigenvalue weighted by molar-refractivity contribution is 5.04. The minimum atomic E-state index is -0.418. The second kappa shape index (κ2) is 4.16. The molecule has 2 nitrogen and oxygen atoms in total. The van der Waals surface area contributed by atoms with Crippen LogP contribution in [0.5, 0.6) is 0 Å². The zero-order valence-corrected chi connectivity index (χ0v) is 7.34. The van der Waals surface area contributed by atoms with Gasteiger partial charge in [0.2, 0.25) is 5.95 Å². The molecule has 0 radical (unpaired) electrons. The van der Waals surface area contributed by atoms with Crippen molar-refractivity contribution in [2.24, 2.45) is 0 Å². The lowest BCUT2D eigenvalue weighted by Gasteiger charge is -2.06. The van der Waals surface area contributed by atoms with Crippen LogP contribution in [0.15, 0.2) is 18.2 Å². The van der Waals surface area contributed by atoms with E-state index >= 15 is 0 Å². The maximum atomic E-state index is 12.6. The molecule has 0 unspecified atom stereocenters. The van der Waals surface area contributed by atoms with Gasteiger partial charge in [0.25, 0.3) is 0 Å². The molecule has 0 saturated heterocycles. The molecule has 0 amide bonds. The summed E-state index contributed by atoms with van der Waals surface area (Å²) in [6.07, 6.45) is 0. The highest BCUT2D eigenvalue weighted by Gasteiger charge is 1.97. The molecule has 0 bridgehead atoms. The molecule has 1 heterocycles. The van der Waals surface area contributed by atoms with Crippen molar-refractivity contribution in [3.8, 4) is 0 Å². The number of hydrogen-bond donors (Lipinski definition) is 1. The molecule has 1 rings (SSSR count). The van der Waals surface area contributed by atoms with E-state index in [2.05, 4.69) is 10.3 Å². The Kier molecular flexibility index (Phi) is 3.17. The van der Waals surface area contributed by atoms with E-state index in [-0.39, 0.29) is 0 Å². The topological polar surface area (TPSA) is 24.9 Å². The van der Waals surface area contributed by atoms with Crippen molar-refractivity contribution in [3.63, 3.8) is 0 Å². The van der Waals surface area contributed by atoms with Crippen molar-refractivity contribution in [1.82, 2.24) is 10.3 Å². The van der Waals surface area contributed by atoms with Crippen molar-refractivity contribution in [3.05, 3.63) is 29.8 Å². The van der Waals surface area contributed by atoms with Gasteiger partial charge in [-0.25, -0.2) is 4.98 Å². The monoisotopic (exact) mass is 168 g/mol. The van der Waals surface area contributed by atoms with Crippen molar-refractivity contribution in [1.29, 1.82) is 0 Å². The van der Waals surface area contributed by atoms with Gasteiger partial charge >= 0.3 is 0 Å². The SMILES string of the molecule is CC(C)NCc1cccc(F)n1. The highest BCUT2D eigenvalue weighted by atomic mass is 19.1. The minimum Gasteiger partial charge on any atom is -0.309 e. The lowest BCUT2D eigenvalue weighted by molar-refractivity contribution is 0.549.